The summed E-state index contributed by atoms with van der Waals surface area (Å²) in [5.41, 5.74) is 1.98. The molecule has 1 aromatic heterocycles. The Hall–Kier alpha value is -5.20. The fourth-order valence-electron chi connectivity index (χ4n) is 4.62. The molecule has 0 N–H and O–H groups in total. The molecule has 0 aliphatic rings. The minimum atomic E-state index is -0.491. The molecule has 6 heteroatoms. The van der Waals surface area contributed by atoms with Crippen molar-refractivity contribution in [3.05, 3.63) is 128 Å². The molecule has 1 heterocycles. The summed E-state index contributed by atoms with van der Waals surface area (Å²) in [5, 5.41) is 6.18. The van der Waals surface area contributed by atoms with Gasteiger partial charge in [0.1, 0.15) is 16.5 Å². The van der Waals surface area contributed by atoms with E-state index in [2.05, 4.69) is 60.5 Å². The second kappa shape index (κ2) is 10.5. The predicted molar refractivity (Wildman–Crippen MR) is 163 cm³/mol. The molecule has 0 aliphatic heterocycles. The molecule has 0 unspecified atom stereocenters. The van der Waals surface area contributed by atoms with Crippen molar-refractivity contribution in [2.45, 2.75) is 0 Å². The topological polar surface area (TPSA) is 55.8 Å². The summed E-state index contributed by atoms with van der Waals surface area (Å²) in [7, 11) is 0. The van der Waals surface area contributed by atoms with Gasteiger partial charge in [-0.05, 0) is 87.6 Å². The average Bonchev–Trinajstić information content (AvgIpc) is 3.40. The van der Waals surface area contributed by atoms with E-state index in [-0.39, 0.29) is 0 Å². The number of ether oxygens (including phenoxy) is 2. The van der Waals surface area contributed by atoms with Crippen molar-refractivity contribution >= 4 is 71.3 Å². The van der Waals surface area contributed by atoms with Gasteiger partial charge in [0.25, 0.3) is 0 Å². The lowest BCUT2D eigenvalue weighted by molar-refractivity contribution is -0.129. The number of thiophene rings is 1. The fraction of sp³-hybridized carbons (Fsp3) is 0. The Kier molecular flexibility index (Phi) is 6.60. The molecule has 5 aromatic carbocycles. The van der Waals surface area contributed by atoms with E-state index in [0.717, 1.165) is 50.1 Å². The van der Waals surface area contributed by atoms with Crippen LogP contribution in [0.25, 0.3) is 31.6 Å². The number of esters is 2. The zero-order valence-electron chi connectivity index (χ0n) is 21.4. The van der Waals surface area contributed by atoms with Gasteiger partial charge >= 0.3 is 11.9 Å². The predicted octanol–water partition coefficient (Wildman–Crippen LogP) is 8.86. The summed E-state index contributed by atoms with van der Waals surface area (Å²) in [6.07, 6.45) is 2.29. The van der Waals surface area contributed by atoms with E-state index in [1.165, 1.54) is 10.1 Å². The molecule has 0 aliphatic carbocycles. The van der Waals surface area contributed by atoms with Gasteiger partial charge in [0.05, 0.1) is 0 Å². The van der Waals surface area contributed by atoms with E-state index >= 15 is 0 Å². The third-order valence-corrected chi connectivity index (χ3v) is 7.61. The molecule has 40 heavy (non-hydrogen) atoms. The van der Waals surface area contributed by atoms with Crippen LogP contribution in [0.2, 0.25) is 0 Å². The van der Waals surface area contributed by atoms with E-state index in [0.29, 0.717) is 11.5 Å². The smallest absolute Gasteiger partial charge is 0.335 e. The Morgan fingerprint density at radius 1 is 0.600 bits per heavy atom. The largest absolute Gasteiger partial charge is 0.423 e. The van der Waals surface area contributed by atoms with Crippen LogP contribution in [0.4, 0.5) is 16.4 Å². The van der Waals surface area contributed by atoms with Crippen LogP contribution in [0.3, 0.4) is 0 Å². The maximum atomic E-state index is 11.6. The molecular formula is C34H23NO4S. The van der Waals surface area contributed by atoms with E-state index in [1.54, 1.807) is 23.5 Å². The van der Waals surface area contributed by atoms with E-state index in [1.807, 2.05) is 48.5 Å². The second-order valence-electron chi connectivity index (χ2n) is 9.09. The highest BCUT2D eigenvalue weighted by Crippen LogP contribution is 2.43. The van der Waals surface area contributed by atoms with Crippen molar-refractivity contribution in [1.29, 1.82) is 0 Å². The zero-order chi connectivity index (χ0) is 27.6. The zero-order valence-corrected chi connectivity index (χ0v) is 22.2. The third-order valence-electron chi connectivity index (χ3n) is 6.51. The minimum Gasteiger partial charge on any atom is -0.423 e. The van der Waals surface area contributed by atoms with Crippen molar-refractivity contribution in [3.63, 3.8) is 0 Å². The molecule has 194 valence electrons. The second-order valence-corrected chi connectivity index (χ2v) is 10.2. The average molecular weight is 542 g/mol. The standard InChI is InChI=1S/C34H23NO4S/c1-3-33(36)38-29-15-11-22-17-27(13-9-24(22)19-29)35(32-21-26-7-5-6-8-31(26)40-32)28-14-10-25-20-30(39-34(37)4-2)16-12-23(25)18-28/h3-21H,1-2H2. The Bertz CT molecular complexity index is 1820. The summed E-state index contributed by atoms with van der Waals surface area (Å²) < 4.78 is 11.8. The number of hydrogen-bond acceptors (Lipinski definition) is 6. The van der Waals surface area contributed by atoms with Crippen LogP contribution in [-0.2, 0) is 9.59 Å². The highest BCUT2D eigenvalue weighted by molar-refractivity contribution is 7.23. The molecule has 0 fully saturated rings. The molecular weight excluding hydrogens is 518 g/mol. The Morgan fingerprint density at radius 2 is 1.10 bits per heavy atom. The van der Waals surface area contributed by atoms with Gasteiger partial charge in [0, 0.05) is 28.2 Å². The highest BCUT2D eigenvalue weighted by atomic mass is 32.1. The molecule has 6 aromatic rings. The van der Waals surface area contributed by atoms with Crippen molar-refractivity contribution in [3.8, 4) is 11.5 Å². The summed E-state index contributed by atoms with van der Waals surface area (Å²) in [4.78, 5) is 25.5. The number of benzene rings is 5. The molecule has 6 rings (SSSR count). The van der Waals surface area contributed by atoms with E-state index < -0.39 is 11.9 Å². The first kappa shape index (κ1) is 25.1. The van der Waals surface area contributed by atoms with Crippen molar-refractivity contribution < 1.29 is 19.1 Å². The van der Waals surface area contributed by atoms with Gasteiger partial charge in [0.15, 0.2) is 0 Å². The van der Waals surface area contributed by atoms with Crippen LogP contribution >= 0.6 is 11.3 Å². The van der Waals surface area contributed by atoms with Crippen LogP contribution in [0.5, 0.6) is 11.5 Å². The summed E-state index contributed by atoms with van der Waals surface area (Å²) in [5.74, 6) is -0.0400. The Labute approximate surface area is 234 Å². The first-order valence-corrected chi connectivity index (χ1v) is 13.4. The summed E-state index contributed by atoms with van der Waals surface area (Å²) in [6.45, 7) is 6.92. The number of hydrogen-bond donors (Lipinski definition) is 0. The van der Waals surface area contributed by atoms with Gasteiger partial charge < -0.3 is 14.4 Å². The summed E-state index contributed by atoms with van der Waals surface area (Å²) >= 11 is 1.72. The van der Waals surface area contributed by atoms with Gasteiger partial charge in [0.2, 0.25) is 0 Å². The van der Waals surface area contributed by atoms with E-state index in [9.17, 15) is 9.59 Å². The number of carbonyl (C=O) groups is 2. The lowest BCUT2D eigenvalue weighted by Crippen LogP contribution is -2.08. The summed E-state index contributed by atoms with van der Waals surface area (Å²) in [6, 6.07) is 34.1. The monoisotopic (exact) mass is 541 g/mol. The minimum absolute atomic E-state index is 0.471. The van der Waals surface area contributed by atoms with Crippen LogP contribution in [0.1, 0.15) is 0 Å². The Balaban J connectivity index is 1.45. The van der Waals surface area contributed by atoms with Crippen LogP contribution in [-0.4, -0.2) is 11.9 Å². The Morgan fingerprint density at radius 3 is 1.62 bits per heavy atom. The first-order valence-electron chi connectivity index (χ1n) is 12.6. The molecule has 0 amide bonds. The van der Waals surface area contributed by atoms with Crippen molar-refractivity contribution in [2.75, 3.05) is 4.90 Å². The molecule has 5 nitrogen and oxygen atoms in total. The lowest BCUT2D eigenvalue weighted by Gasteiger charge is -2.24. The van der Waals surface area contributed by atoms with Gasteiger partial charge in [-0.3, -0.25) is 0 Å². The quantitative estimate of drug-likeness (QED) is 0.115. The maximum absolute atomic E-state index is 11.6. The highest BCUT2D eigenvalue weighted by Gasteiger charge is 2.17. The number of anilines is 3. The van der Waals surface area contributed by atoms with Crippen LogP contribution < -0.4 is 14.4 Å². The van der Waals surface area contributed by atoms with Gasteiger partial charge in [-0.25, -0.2) is 9.59 Å². The molecule has 0 saturated heterocycles. The number of carbonyl (C=O) groups excluding carboxylic acids is 2. The third kappa shape index (κ3) is 4.96. The normalized spacial score (nSPS) is 10.9. The molecule has 0 spiro atoms. The fourth-order valence-corrected chi connectivity index (χ4v) is 5.73. The first-order chi connectivity index (χ1) is 19.5. The SMILES string of the molecule is C=CC(=O)Oc1ccc2cc(N(c3ccc4cc(OC(=O)C=C)ccc4c3)c3cc4ccccc4s3)ccc2c1. The van der Waals surface area contributed by atoms with Crippen molar-refractivity contribution in [1.82, 2.24) is 0 Å². The van der Waals surface area contributed by atoms with Gasteiger partial charge in [-0.1, -0.05) is 55.6 Å². The lowest BCUT2D eigenvalue weighted by atomic mass is 10.1. The molecule has 0 bridgehead atoms. The van der Waals surface area contributed by atoms with E-state index in [4.69, 9.17) is 9.47 Å². The molecule has 0 atom stereocenters. The van der Waals surface area contributed by atoms with Crippen molar-refractivity contribution in [2.24, 2.45) is 0 Å². The van der Waals surface area contributed by atoms with Crippen LogP contribution in [0.15, 0.2) is 128 Å². The number of nitrogens with zero attached hydrogens (tertiary/aromatic N) is 1. The number of rotatable bonds is 7. The van der Waals surface area contributed by atoms with Gasteiger partial charge in [-0.15, -0.1) is 11.3 Å². The van der Waals surface area contributed by atoms with Crippen LogP contribution in [0, 0.1) is 0 Å². The number of fused-ring (bicyclic) bond motifs is 3. The maximum Gasteiger partial charge on any atom is 0.335 e. The molecule has 0 saturated carbocycles. The molecule has 0 radical (unpaired) electrons. The van der Waals surface area contributed by atoms with Gasteiger partial charge in [-0.2, -0.15) is 0 Å².